The topological polar surface area (TPSA) is 152 Å². The first kappa shape index (κ1) is 31.2. The van der Waals surface area contributed by atoms with E-state index in [9.17, 15) is 19.6 Å². The predicted molar refractivity (Wildman–Crippen MR) is 177 cm³/mol. The number of benzene rings is 3. The van der Waals surface area contributed by atoms with Gasteiger partial charge in [0.05, 0.1) is 11.3 Å². The molecule has 0 spiro atoms. The summed E-state index contributed by atoms with van der Waals surface area (Å²) in [6.45, 7) is 9.38. The molecule has 47 heavy (non-hydrogen) atoms. The number of carbonyl (C=O) groups excluding carboxylic acids is 3. The summed E-state index contributed by atoms with van der Waals surface area (Å²) < 4.78 is 13.3. The highest BCUT2D eigenvalue weighted by Crippen LogP contribution is 2.37. The van der Waals surface area contributed by atoms with E-state index in [1.54, 1.807) is 17.7 Å². The number of fused-ring (bicyclic) bond motifs is 2. The second-order valence-electron chi connectivity index (χ2n) is 12.6. The lowest BCUT2D eigenvalue weighted by Crippen LogP contribution is -2.39. The van der Waals surface area contributed by atoms with Gasteiger partial charge in [0.2, 0.25) is 11.7 Å². The van der Waals surface area contributed by atoms with Crippen LogP contribution in [0.3, 0.4) is 0 Å². The van der Waals surface area contributed by atoms with Crippen LogP contribution in [0.15, 0.2) is 52.9 Å². The fourth-order valence-electron chi connectivity index (χ4n) is 5.93. The molecule has 0 fully saturated rings. The van der Waals surface area contributed by atoms with Crippen LogP contribution in [-0.4, -0.2) is 44.3 Å². The molecule has 238 valence electrons. The highest BCUT2D eigenvalue weighted by Gasteiger charge is 2.32. The van der Waals surface area contributed by atoms with Crippen molar-refractivity contribution in [1.82, 2.24) is 14.5 Å². The molecular weight excluding hydrogens is 596 g/mol. The van der Waals surface area contributed by atoms with E-state index in [4.69, 9.17) is 9.15 Å². The number of imidazole rings is 1. The smallest absolute Gasteiger partial charge is 0.329 e. The summed E-state index contributed by atoms with van der Waals surface area (Å²) in [5.74, 6) is 0.337. The summed E-state index contributed by atoms with van der Waals surface area (Å²) >= 11 is 0. The molecule has 2 N–H and O–H groups in total. The molecule has 0 saturated carbocycles. The van der Waals surface area contributed by atoms with Gasteiger partial charge in [-0.1, -0.05) is 24.3 Å². The SMILES string of the molecule is Cc1c(NC(=O)c2nc3c(n2C)CCC(C(=O)OC(C)(C)C)N3)cccc1-c1cccc(-c2nc3cc(C=O)cc(C#N)c3o2)c1C. The Morgan fingerprint density at radius 3 is 2.49 bits per heavy atom. The maximum Gasteiger partial charge on any atom is 0.329 e. The van der Waals surface area contributed by atoms with E-state index in [-0.39, 0.29) is 23.3 Å². The Morgan fingerprint density at radius 1 is 1.09 bits per heavy atom. The van der Waals surface area contributed by atoms with Crippen LogP contribution in [0.25, 0.3) is 33.7 Å². The standard InChI is InChI=1S/C36H34N6O5/c1-19-23(9-7-11-25(19)34-40-28-16-21(18-43)15-22(17-37)30(28)46-34)24-10-8-12-26(20(24)2)39-33(44)32-41-31-29(42(32)6)14-13-27(38-31)35(45)47-36(3,4)5/h7-12,15-16,18,27,38H,13-14H2,1-6H3,(H,39,44). The molecule has 3 heterocycles. The Morgan fingerprint density at radius 2 is 1.79 bits per heavy atom. The molecule has 1 aliphatic rings. The molecule has 3 aromatic carbocycles. The van der Waals surface area contributed by atoms with Gasteiger partial charge in [-0.25, -0.2) is 14.8 Å². The van der Waals surface area contributed by atoms with E-state index in [2.05, 4.69) is 26.7 Å². The number of aromatic nitrogens is 3. The van der Waals surface area contributed by atoms with Crippen LogP contribution < -0.4 is 10.6 Å². The van der Waals surface area contributed by atoms with E-state index in [0.29, 0.717) is 53.2 Å². The fraction of sp³-hybridized carbons (Fsp3) is 0.278. The maximum absolute atomic E-state index is 13.6. The minimum absolute atomic E-state index is 0.223. The number of rotatable bonds is 6. The summed E-state index contributed by atoms with van der Waals surface area (Å²) in [5.41, 5.74) is 6.50. The van der Waals surface area contributed by atoms with Crippen molar-refractivity contribution in [2.24, 2.45) is 7.05 Å². The molecule has 2 aromatic heterocycles. The average Bonchev–Trinajstić information content (AvgIpc) is 3.61. The van der Waals surface area contributed by atoms with Crippen LogP contribution >= 0.6 is 0 Å². The van der Waals surface area contributed by atoms with Crippen molar-refractivity contribution in [1.29, 1.82) is 5.26 Å². The monoisotopic (exact) mass is 630 g/mol. The molecule has 11 heteroatoms. The van der Waals surface area contributed by atoms with Crippen LogP contribution in [0.1, 0.15) is 70.6 Å². The van der Waals surface area contributed by atoms with E-state index >= 15 is 0 Å². The number of amides is 1. The molecule has 0 saturated heterocycles. The van der Waals surface area contributed by atoms with Gasteiger partial charge in [0.1, 0.15) is 35.3 Å². The highest BCUT2D eigenvalue weighted by molar-refractivity contribution is 6.03. The van der Waals surface area contributed by atoms with Crippen LogP contribution in [0.4, 0.5) is 11.5 Å². The van der Waals surface area contributed by atoms with Crippen molar-refractivity contribution in [2.75, 3.05) is 10.6 Å². The first-order chi connectivity index (χ1) is 22.4. The number of ether oxygens (including phenoxy) is 1. The molecule has 1 atom stereocenters. The van der Waals surface area contributed by atoms with Gasteiger partial charge >= 0.3 is 5.97 Å². The number of nitriles is 1. The number of nitrogens with one attached hydrogen (secondary N) is 2. The molecule has 1 amide bonds. The number of esters is 1. The van der Waals surface area contributed by atoms with E-state index in [0.717, 1.165) is 33.5 Å². The number of nitrogens with zero attached hydrogens (tertiary/aromatic N) is 4. The van der Waals surface area contributed by atoms with Gasteiger partial charge in [0.25, 0.3) is 5.91 Å². The minimum Gasteiger partial charge on any atom is -0.458 e. The normalized spacial score (nSPS) is 14.2. The Kier molecular flexibility index (Phi) is 7.89. The molecule has 11 nitrogen and oxygen atoms in total. The fourth-order valence-corrected chi connectivity index (χ4v) is 5.93. The molecule has 0 aliphatic carbocycles. The Balaban J connectivity index is 1.27. The minimum atomic E-state index is -0.602. The zero-order valence-electron chi connectivity index (χ0n) is 27.0. The van der Waals surface area contributed by atoms with Gasteiger partial charge in [-0.05, 0) is 94.0 Å². The zero-order valence-corrected chi connectivity index (χ0v) is 27.0. The van der Waals surface area contributed by atoms with E-state index in [1.807, 2.05) is 71.0 Å². The number of anilines is 2. The molecule has 0 radical (unpaired) electrons. The van der Waals surface area contributed by atoms with Crippen LogP contribution in [-0.2, 0) is 23.0 Å². The van der Waals surface area contributed by atoms with Crippen molar-refractivity contribution in [3.05, 3.63) is 82.3 Å². The number of aldehydes is 1. The molecule has 5 aromatic rings. The lowest BCUT2D eigenvalue weighted by Gasteiger charge is -2.27. The van der Waals surface area contributed by atoms with Gasteiger partial charge < -0.3 is 24.4 Å². The van der Waals surface area contributed by atoms with Crippen molar-refractivity contribution in [3.63, 3.8) is 0 Å². The average molecular weight is 631 g/mol. The van der Waals surface area contributed by atoms with Crippen molar-refractivity contribution >= 4 is 40.8 Å². The molecular formula is C36H34N6O5. The summed E-state index contributed by atoms with van der Waals surface area (Å²) in [6.07, 6.45) is 1.78. The molecule has 1 aliphatic heterocycles. The van der Waals surface area contributed by atoms with E-state index in [1.165, 1.54) is 6.07 Å². The quantitative estimate of drug-likeness (QED) is 0.158. The summed E-state index contributed by atoms with van der Waals surface area (Å²) in [6, 6.07) is 16.1. The number of carbonyl (C=O) groups is 3. The van der Waals surface area contributed by atoms with Gasteiger partial charge in [0, 0.05) is 23.9 Å². The summed E-state index contributed by atoms with van der Waals surface area (Å²) in [5, 5.41) is 15.8. The van der Waals surface area contributed by atoms with Gasteiger partial charge in [-0.15, -0.1) is 0 Å². The molecule has 1 unspecified atom stereocenters. The van der Waals surface area contributed by atoms with Crippen molar-refractivity contribution in [2.45, 2.75) is 59.1 Å². The second-order valence-corrected chi connectivity index (χ2v) is 12.6. The third-order valence-electron chi connectivity index (χ3n) is 8.29. The van der Waals surface area contributed by atoms with Crippen molar-refractivity contribution < 1.29 is 23.5 Å². The van der Waals surface area contributed by atoms with Crippen LogP contribution in [0.2, 0.25) is 0 Å². The van der Waals surface area contributed by atoms with Crippen LogP contribution in [0.5, 0.6) is 0 Å². The third kappa shape index (κ3) is 5.86. The first-order valence-electron chi connectivity index (χ1n) is 15.2. The summed E-state index contributed by atoms with van der Waals surface area (Å²) in [4.78, 5) is 46.8. The largest absolute Gasteiger partial charge is 0.458 e. The maximum atomic E-state index is 13.6. The Bertz CT molecular complexity index is 2130. The summed E-state index contributed by atoms with van der Waals surface area (Å²) in [7, 11) is 1.79. The van der Waals surface area contributed by atoms with Crippen molar-refractivity contribution in [3.8, 4) is 28.7 Å². The second kappa shape index (κ2) is 11.9. The predicted octanol–water partition coefficient (Wildman–Crippen LogP) is 6.52. The molecule has 0 bridgehead atoms. The van der Waals surface area contributed by atoms with Gasteiger partial charge in [-0.3, -0.25) is 9.59 Å². The Hall–Kier alpha value is -5.76. The highest BCUT2D eigenvalue weighted by atomic mass is 16.6. The molecule has 6 rings (SSSR count). The number of hydrogen-bond acceptors (Lipinski definition) is 9. The third-order valence-corrected chi connectivity index (χ3v) is 8.29. The zero-order chi connectivity index (χ0) is 33.6. The van der Waals surface area contributed by atoms with Gasteiger partial charge in [-0.2, -0.15) is 5.26 Å². The van der Waals surface area contributed by atoms with Gasteiger partial charge in [0.15, 0.2) is 5.58 Å². The number of oxazole rings is 1. The lowest BCUT2D eigenvalue weighted by molar-refractivity contribution is -0.156. The number of hydrogen-bond donors (Lipinski definition) is 2. The van der Waals surface area contributed by atoms with Crippen LogP contribution in [0, 0.1) is 25.2 Å². The first-order valence-corrected chi connectivity index (χ1v) is 15.2. The lowest BCUT2D eigenvalue weighted by atomic mass is 9.93. The Labute approximate surface area is 271 Å². The van der Waals surface area contributed by atoms with E-state index < -0.39 is 11.6 Å².